The zero-order chi connectivity index (χ0) is 22.4. The van der Waals surface area contributed by atoms with Crippen LogP contribution in [0.15, 0.2) is 24.3 Å². The number of rotatable bonds is 10. The number of hydrogen-bond donors (Lipinski definition) is 1. The minimum Gasteiger partial charge on any atom is -0.484 e. The van der Waals surface area contributed by atoms with Crippen LogP contribution in [0.4, 0.5) is 13.2 Å². The van der Waals surface area contributed by atoms with Gasteiger partial charge in [0.1, 0.15) is 11.1 Å². The third-order valence-electron chi connectivity index (χ3n) is 5.46. The summed E-state index contributed by atoms with van der Waals surface area (Å²) in [7, 11) is -3.28. The molecule has 1 aliphatic heterocycles. The molecule has 0 spiro atoms. The molecule has 0 saturated carbocycles. The van der Waals surface area contributed by atoms with Crippen molar-refractivity contribution in [2.24, 2.45) is 5.92 Å². The molecular weight excluding hydrogens is 417 g/mol. The van der Waals surface area contributed by atoms with Gasteiger partial charge in [0.25, 0.3) is 0 Å². The first-order valence-electron chi connectivity index (χ1n) is 10.4. The Morgan fingerprint density at radius 3 is 2.30 bits per heavy atom. The molecule has 0 amide bonds. The highest BCUT2D eigenvalue weighted by Crippen LogP contribution is 2.28. The van der Waals surface area contributed by atoms with Crippen molar-refractivity contribution < 1.29 is 26.3 Å². The molecule has 0 bridgehead atoms. The van der Waals surface area contributed by atoms with Crippen LogP contribution in [-0.4, -0.2) is 63.4 Å². The van der Waals surface area contributed by atoms with E-state index in [1.54, 1.807) is 12.1 Å². The molecule has 1 fully saturated rings. The topological polar surface area (TPSA) is 58.6 Å². The van der Waals surface area contributed by atoms with Gasteiger partial charge in [0, 0.05) is 12.3 Å². The number of nitrogens with zero attached hydrogens (tertiary/aromatic N) is 1. The highest BCUT2D eigenvalue weighted by molar-refractivity contribution is 7.91. The van der Waals surface area contributed by atoms with Gasteiger partial charge >= 0.3 is 6.18 Å². The van der Waals surface area contributed by atoms with Gasteiger partial charge < -0.3 is 10.1 Å². The molecule has 9 heteroatoms. The van der Waals surface area contributed by atoms with E-state index < -0.39 is 28.0 Å². The van der Waals surface area contributed by atoms with Gasteiger partial charge in [-0.2, -0.15) is 13.2 Å². The van der Waals surface area contributed by atoms with Gasteiger partial charge in [-0.05, 0) is 75.9 Å². The molecule has 1 N–H and O–H groups in total. The third-order valence-corrected chi connectivity index (χ3v) is 6.99. The van der Waals surface area contributed by atoms with Crippen molar-refractivity contribution in [2.75, 3.05) is 32.5 Å². The lowest BCUT2D eigenvalue weighted by molar-refractivity contribution is -0.153. The molecule has 5 nitrogen and oxygen atoms in total. The Labute approximate surface area is 177 Å². The second kappa shape index (κ2) is 10.8. The molecule has 1 aromatic carbocycles. The van der Waals surface area contributed by atoms with Crippen LogP contribution in [0.5, 0.6) is 5.75 Å². The van der Waals surface area contributed by atoms with Gasteiger partial charge in [-0.1, -0.05) is 19.1 Å². The third kappa shape index (κ3) is 7.74. The number of sulfone groups is 1. The summed E-state index contributed by atoms with van der Waals surface area (Å²) >= 11 is 0. The Hall–Kier alpha value is -1.32. The highest BCUT2D eigenvalue weighted by atomic mass is 32.2. The Morgan fingerprint density at radius 1 is 1.20 bits per heavy atom. The van der Waals surface area contributed by atoms with Gasteiger partial charge in [0.15, 0.2) is 16.4 Å². The molecule has 1 aliphatic rings. The minimum absolute atomic E-state index is 0.0264. The summed E-state index contributed by atoms with van der Waals surface area (Å²) < 4.78 is 67.1. The summed E-state index contributed by atoms with van der Waals surface area (Å²) in [4.78, 5) is 2.10. The molecule has 2 unspecified atom stereocenters. The molecule has 1 saturated heterocycles. The maximum absolute atomic E-state index is 12.7. The lowest BCUT2D eigenvalue weighted by atomic mass is 9.95. The van der Waals surface area contributed by atoms with Gasteiger partial charge in [-0.3, -0.25) is 4.90 Å². The molecule has 1 aromatic rings. The zero-order valence-electron chi connectivity index (χ0n) is 17.9. The molecule has 0 aromatic heterocycles. The number of hydrogen-bond acceptors (Lipinski definition) is 5. The lowest BCUT2D eigenvalue weighted by Gasteiger charge is -2.41. The molecular formula is C21H33F3N2O3S. The normalized spacial score (nSPS) is 18.4. The standard InChI is InChI=1S/C21H33F3N2O3S/c1-4-13-26(20(30(3,27)28)18-9-11-25-12-10-18)16(2)14-17-5-7-19(8-6-17)29-15-21(22,23)24/h5-8,16,18,20,25H,4,9-15H2,1-3H3. The van der Waals surface area contributed by atoms with Crippen molar-refractivity contribution in [3.05, 3.63) is 29.8 Å². The molecule has 30 heavy (non-hydrogen) atoms. The van der Waals surface area contributed by atoms with Gasteiger partial charge in [0.05, 0.1) is 0 Å². The summed E-state index contributed by atoms with van der Waals surface area (Å²) in [5.41, 5.74) is 0.931. The Bertz CT molecular complexity index is 748. The van der Waals surface area contributed by atoms with Crippen LogP contribution >= 0.6 is 0 Å². The Kier molecular flexibility index (Phi) is 8.99. The quantitative estimate of drug-likeness (QED) is 0.590. The lowest BCUT2D eigenvalue weighted by Crippen LogP contribution is -2.52. The Balaban J connectivity index is 2.12. The summed E-state index contributed by atoms with van der Waals surface area (Å²) in [6, 6.07) is 6.51. The molecule has 2 atom stereocenters. The maximum atomic E-state index is 12.7. The fraction of sp³-hybridized carbons (Fsp3) is 0.714. The van der Waals surface area contributed by atoms with E-state index in [1.807, 2.05) is 13.8 Å². The fourth-order valence-electron chi connectivity index (χ4n) is 4.20. The van der Waals surface area contributed by atoms with Crippen LogP contribution in [0.2, 0.25) is 0 Å². The largest absolute Gasteiger partial charge is 0.484 e. The number of alkyl halides is 3. The highest BCUT2D eigenvalue weighted by Gasteiger charge is 2.38. The van der Waals surface area contributed by atoms with Crippen LogP contribution in [0.1, 0.15) is 38.7 Å². The van der Waals surface area contributed by atoms with Crippen LogP contribution in [0.25, 0.3) is 0 Å². The average Bonchev–Trinajstić information content (AvgIpc) is 2.66. The van der Waals surface area contributed by atoms with E-state index in [0.29, 0.717) is 13.0 Å². The fourth-order valence-corrected chi connectivity index (χ4v) is 5.97. The number of piperidine rings is 1. The number of ether oxygens (including phenoxy) is 1. The van der Waals surface area contributed by atoms with E-state index in [2.05, 4.69) is 10.2 Å². The van der Waals surface area contributed by atoms with E-state index in [1.165, 1.54) is 18.4 Å². The van der Waals surface area contributed by atoms with E-state index in [0.717, 1.165) is 37.9 Å². The first-order valence-corrected chi connectivity index (χ1v) is 12.4. The summed E-state index contributed by atoms with van der Waals surface area (Å²) in [5, 5.41) is 2.77. The number of benzene rings is 1. The van der Waals surface area contributed by atoms with Crippen molar-refractivity contribution in [3.8, 4) is 5.75 Å². The number of nitrogens with one attached hydrogen (secondary N) is 1. The van der Waals surface area contributed by atoms with Crippen molar-refractivity contribution in [2.45, 2.75) is 57.1 Å². The smallest absolute Gasteiger partial charge is 0.422 e. The summed E-state index contributed by atoms with van der Waals surface area (Å²) in [6.07, 6.45) is 0.0545. The predicted molar refractivity (Wildman–Crippen MR) is 112 cm³/mol. The molecule has 1 heterocycles. The molecule has 172 valence electrons. The maximum Gasteiger partial charge on any atom is 0.422 e. The van der Waals surface area contributed by atoms with E-state index in [-0.39, 0.29) is 17.7 Å². The minimum atomic E-state index is -4.37. The molecule has 2 rings (SSSR count). The van der Waals surface area contributed by atoms with Crippen molar-refractivity contribution in [3.63, 3.8) is 0 Å². The van der Waals surface area contributed by atoms with Crippen LogP contribution < -0.4 is 10.1 Å². The zero-order valence-corrected chi connectivity index (χ0v) is 18.7. The SMILES string of the molecule is CCCN(C(C)Cc1ccc(OCC(F)(F)F)cc1)C(C1CCNCC1)S(C)(=O)=O. The monoisotopic (exact) mass is 450 g/mol. The Morgan fingerprint density at radius 2 is 1.80 bits per heavy atom. The van der Waals surface area contributed by atoms with Crippen LogP contribution in [0.3, 0.4) is 0 Å². The summed E-state index contributed by atoms with van der Waals surface area (Å²) in [5.74, 6) is 0.256. The van der Waals surface area contributed by atoms with E-state index in [9.17, 15) is 21.6 Å². The van der Waals surface area contributed by atoms with Gasteiger partial charge in [-0.25, -0.2) is 8.42 Å². The molecule has 0 radical (unpaired) electrons. The van der Waals surface area contributed by atoms with Crippen molar-refractivity contribution >= 4 is 9.84 Å². The second-order valence-electron chi connectivity index (χ2n) is 8.15. The van der Waals surface area contributed by atoms with Crippen LogP contribution in [-0.2, 0) is 16.3 Å². The first kappa shape index (κ1) is 24.9. The van der Waals surface area contributed by atoms with Crippen LogP contribution in [0, 0.1) is 5.92 Å². The summed E-state index contributed by atoms with van der Waals surface area (Å²) in [6.45, 7) is 5.06. The van der Waals surface area contributed by atoms with Gasteiger partial charge in [0.2, 0.25) is 0 Å². The van der Waals surface area contributed by atoms with Crippen molar-refractivity contribution in [1.29, 1.82) is 0 Å². The van der Waals surface area contributed by atoms with Crippen molar-refractivity contribution in [1.82, 2.24) is 10.2 Å². The second-order valence-corrected chi connectivity index (χ2v) is 10.3. The molecule has 0 aliphatic carbocycles. The van der Waals surface area contributed by atoms with E-state index in [4.69, 9.17) is 4.74 Å². The van der Waals surface area contributed by atoms with Gasteiger partial charge in [-0.15, -0.1) is 0 Å². The number of halogens is 3. The first-order chi connectivity index (χ1) is 14.0. The average molecular weight is 451 g/mol. The van der Waals surface area contributed by atoms with E-state index >= 15 is 0 Å². The predicted octanol–water partition coefficient (Wildman–Crippen LogP) is 3.64.